The van der Waals surface area contributed by atoms with Crippen LogP contribution in [0.2, 0.25) is 5.02 Å². The van der Waals surface area contributed by atoms with Gasteiger partial charge in [0.05, 0.1) is 32.6 Å². The van der Waals surface area contributed by atoms with Crippen molar-refractivity contribution in [3.8, 4) is 0 Å². The van der Waals surface area contributed by atoms with Crippen LogP contribution in [0.3, 0.4) is 0 Å². The number of nitrogens with zero attached hydrogens (tertiary/aromatic N) is 5. The van der Waals surface area contributed by atoms with E-state index in [-0.39, 0.29) is 22.4 Å². The average Bonchev–Trinajstić information content (AvgIpc) is 3.24. The number of allylic oxidation sites excluding steroid dienone is 2. The molecule has 1 aromatic carbocycles. The summed E-state index contributed by atoms with van der Waals surface area (Å²) in [5, 5.41) is 13.1. The molecule has 8 nitrogen and oxygen atoms in total. The number of hydrogen-bond donors (Lipinski definition) is 0. The third-order valence-electron chi connectivity index (χ3n) is 4.91. The summed E-state index contributed by atoms with van der Waals surface area (Å²) in [6.07, 6.45) is 5.23. The maximum absolute atomic E-state index is 12.9. The van der Waals surface area contributed by atoms with Gasteiger partial charge in [0.25, 0.3) is 11.1 Å². The van der Waals surface area contributed by atoms with Crippen LogP contribution in [0.4, 0.5) is 17.2 Å². The highest BCUT2D eigenvalue weighted by atomic mass is 35.5. The van der Waals surface area contributed by atoms with Gasteiger partial charge in [-0.2, -0.15) is 0 Å². The van der Waals surface area contributed by atoms with Crippen LogP contribution < -0.4 is 9.47 Å². The van der Waals surface area contributed by atoms with Crippen LogP contribution in [0.5, 0.6) is 0 Å². The molecule has 32 heavy (non-hydrogen) atoms. The number of aromatic nitrogens is 1. The Bertz CT molecular complexity index is 1230. The van der Waals surface area contributed by atoms with Gasteiger partial charge in [0.15, 0.2) is 0 Å². The van der Waals surface area contributed by atoms with Crippen molar-refractivity contribution in [3.05, 3.63) is 73.8 Å². The Labute approximate surface area is 198 Å². The number of likely N-dealkylation sites (N-methyl/N-ethyl adjacent to an activating group) is 1. The number of para-hydroxylation sites is 1. The Hall–Kier alpha value is -2.82. The first-order valence-electron chi connectivity index (χ1n) is 9.64. The zero-order valence-corrected chi connectivity index (χ0v) is 19.9. The molecule has 1 aromatic heterocycles. The van der Waals surface area contributed by atoms with Gasteiger partial charge in [-0.1, -0.05) is 35.5 Å². The van der Waals surface area contributed by atoms with Gasteiger partial charge >= 0.3 is 11.5 Å². The van der Waals surface area contributed by atoms with Gasteiger partial charge in [-0.3, -0.25) is 19.8 Å². The highest BCUT2D eigenvalue weighted by Crippen LogP contribution is 2.45. The summed E-state index contributed by atoms with van der Waals surface area (Å²) in [6, 6.07) is 9.35. The summed E-state index contributed by atoms with van der Waals surface area (Å²) in [5.74, 6) is -0.0650. The second kappa shape index (κ2) is 8.97. The van der Waals surface area contributed by atoms with Crippen molar-refractivity contribution in [2.75, 3.05) is 18.5 Å². The van der Waals surface area contributed by atoms with Crippen molar-refractivity contribution in [1.29, 1.82) is 0 Å². The second-order valence-electron chi connectivity index (χ2n) is 6.95. The molecular weight excluding hydrogens is 470 g/mol. The highest BCUT2D eigenvalue weighted by molar-refractivity contribution is 8.18. The van der Waals surface area contributed by atoms with E-state index in [9.17, 15) is 14.9 Å². The van der Waals surface area contributed by atoms with Crippen LogP contribution in [-0.4, -0.2) is 34.5 Å². The van der Waals surface area contributed by atoms with E-state index in [2.05, 4.69) is 16.0 Å². The number of aryl methyl sites for hydroxylation is 1. The molecule has 0 saturated carbocycles. The number of halogens is 1. The molecule has 164 valence electrons. The summed E-state index contributed by atoms with van der Waals surface area (Å²) < 4.78 is 1.48. The fraction of sp³-hybridized carbons (Fsp3) is 0.190. The number of fused-ring (bicyclic) bond motifs is 1. The zero-order chi connectivity index (χ0) is 23.0. The number of amides is 1. The summed E-state index contributed by atoms with van der Waals surface area (Å²) >= 11 is 8.80. The first kappa shape index (κ1) is 22.4. The largest absolute Gasteiger partial charge is 0.404 e. The number of thioether (sulfide) groups is 2. The predicted molar refractivity (Wildman–Crippen MR) is 128 cm³/mol. The number of pyridine rings is 1. The average molecular weight is 489 g/mol. The number of carbonyl (C=O) groups is 1. The maximum Gasteiger partial charge on any atom is 0.404 e. The molecule has 0 N–H and O–H groups in total. The van der Waals surface area contributed by atoms with Crippen molar-refractivity contribution in [1.82, 2.24) is 4.90 Å². The van der Waals surface area contributed by atoms with E-state index in [1.807, 2.05) is 38.2 Å². The molecule has 0 radical (unpaired) electrons. The number of hydrogen-bond acceptors (Lipinski definition) is 7. The normalized spacial score (nSPS) is 19.5. The number of rotatable bonds is 4. The standard InChI is InChI=1S/C21H19ClN5O3S2/c1-4-26-20(28)17(9-10-18-25(3)14-7-5-6-8-16(14)31-18)32-21(26)23-19-15(27(29)30)11-13(22)12-24(19)2/h5-12H,4H2,1-3H3/q+1/b17-9-,18-10-. The Morgan fingerprint density at radius 2 is 2.03 bits per heavy atom. The molecule has 1 fully saturated rings. The van der Waals surface area contributed by atoms with Crippen molar-refractivity contribution < 1.29 is 14.3 Å². The Kier molecular flexibility index (Phi) is 6.27. The number of aliphatic imine (C=N–C) groups is 1. The van der Waals surface area contributed by atoms with Crippen LogP contribution in [0, 0.1) is 10.1 Å². The third-order valence-corrected chi connectivity index (χ3v) is 7.32. The SMILES string of the molecule is CCN1C(=O)/C(=C/C=C2\Sc3ccccc3N2C)SC1=Nc1c([N+](=O)[O-])cc(Cl)c[n+]1C. The van der Waals surface area contributed by atoms with E-state index in [4.69, 9.17) is 11.6 Å². The van der Waals surface area contributed by atoms with Gasteiger partial charge in [0.2, 0.25) is 0 Å². The van der Waals surface area contributed by atoms with E-state index >= 15 is 0 Å². The predicted octanol–water partition coefficient (Wildman–Crippen LogP) is 4.62. The highest BCUT2D eigenvalue weighted by Gasteiger charge is 2.38. The van der Waals surface area contributed by atoms with Crippen molar-refractivity contribution in [2.45, 2.75) is 11.8 Å². The number of carbonyl (C=O) groups excluding carboxylic acids is 1. The Balaban J connectivity index is 1.67. The van der Waals surface area contributed by atoms with Gasteiger partial charge in [-0.15, -0.1) is 0 Å². The molecule has 0 atom stereocenters. The van der Waals surface area contributed by atoms with E-state index in [0.29, 0.717) is 16.6 Å². The van der Waals surface area contributed by atoms with Gasteiger partial charge in [-0.05, 0) is 48.0 Å². The lowest BCUT2D eigenvalue weighted by molar-refractivity contribution is -0.660. The number of nitro groups is 1. The van der Waals surface area contributed by atoms with Gasteiger partial charge < -0.3 is 4.90 Å². The Morgan fingerprint density at radius 1 is 1.28 bits per heavy atom. The maximum atomic E-state index is 12.9. The fourth-order valence-corrected chi connectivity index (χ4v) is 5.61. The van der Waals surface area contributed by atoms with E-state index in [1.165, 1.54) is 33.5 Å². The summed E-state index contributed by atoms with van der Waals surface area (Å²) in [6.45, 7) is 2.23. The van der Waals surface area contributed by atoms with Gasteiger partial charge in [0, 0.05) is 24.6 Å². The molecule has 2 aromatic rings. The van der Waals surface area contributed by atoms with Crippen LogP contribution in [0.25, 0.3) is 0 Å². The molecule has 1 amide bonds. The lowest BCUT2D eigenvalue weighted by Gasteiger charge is -2.12. The van der Waals surface area contributed by atoms with E-state index < -0.39 is 4.92 Å². The van der Waals surface area contributed by atoms with E-state index in [1.54, 1.807) is 24.9 Å². The summed E-state index contributed by atoms with van der Waals surface area (Å²) in [7, 11) is 3.61. The first-order chi connectivity index (χ1) is 15.3. The topological polar surface area (TPSA) is 82.9 Å². The fourth-order valence-electron chi connectivity index (χ4n) is 3.32. The number of benzene rings is 1. The molecule has 0 aliphatic carbocycles. The molecule has 3 heterocycles. The van der Waals surface area contributed by atoms with E-state index in [0.717, 1.165) is 15.6 Å². The van der Waals surface area contributed by atoms with Crippen LogP contribution >= 0.6 is 35.1 Å². The molecular formula is C21H19ClN5O3S2+. The molecule has 0 bridgehead atoms. The first-order valence-corrected chi connectivity index (χ1v) is 11.7. The molecule has 11 heteroatoms. The third kappa shape index (κ3) is 4.13. The minimum absolute atomic E-state index is 0.120. The lowest BCUT2D eigenvalue weighted by Crippen LogP contribution is -2.32. The lowest BCUT2D eigenvalue weighted by atomic mass is 10.3. The molecule has 4 rings (SSSR count). The number of amidine groups is 1. The van der Waals surface area contributed by atoms with Crippen LogP contribution in [0.15, 0.2) is 68.5 Å². The quantitative estimate of drug-likeness (QED) is 0.270. The molecule has 2 aliphatic rings. The monoisotopic (exact) mass is 488 g/mol. The van der Waals surface area contributed by atoms with Crippen molar-refractivity contribution in [2.24, 2.45) is 12.0 Å². The summed E-state index contributed by atoms with van der Waals surface area (Å²) in [5.41, 5.74) is 0.894. The molecule has 0 unspecified atom stereocenters. The minimum Gasteiger partial charge on any atom is -0.338 e. The van der Waals surface area contributed by atoms with Crippen LogP contribution in [-0.2, 0) is 11.8 Å². The minimum atomic E-state index is -0.533. The second-order valence-corrected chi connectivity index (χ2v) is 9.45. The van der Waals surface area contributed by atoms with Crippen molar-refractivity contribution >= 4 is 63.4 Å². The number of anilines is 1. The molecule has 2 aliphatic heterocycles. The zero-order valence-electron chi connectivity index (χ0n) is 17.5. The van der Waals surface area contributed by atoms with Crippen molar-refractivity contribution in [3.63, 3.8) is 0 Å². The molecule has 1 saturated heterocycles. The van der Waals surface area contributed by atoms with Crippen LogP contribution in [0.1, 0.15) is 6.92 Å². The molecule has 0 spiro atoms. The van der Waals surface area contributed by atoms with Gasteiger partial charge in [0.1, 0.15) is 6.20 Å². The smallest absolute Gasteiger partial charge is 0.338 e. The van der Waals surface area contributed by atoms with Gasteiger partial charge in [-0.25, -0.2) is 4.57 Å². The Morgan fingerprint density at radius 3 is 2.72 bits per heavy atom. The summed E-state index contributed by atoms with van der Waals surface area (Å²) in [4.78, 5) is 33.6.